The van der Waals surface area contributed by atoms with Gasteiger partial charge in [-0.3, -0.25) is 9.59 Å². The Morgan fingerprint density at radius 3 is 2.66 bits per heavy atom. The molecule has 0 aliphatic carbocycles. The summed E-state index contributed by atoms with van der Waals surface area (Å²) in [5.74, 6) is -0.321. The second kappa shape index (κ2) is 10.7. The van der Waals surface area contributed by atoms with E-state index in [-0.39, 0.29) is 24.8 Å². The summed E-state index contributed by atoms with van der Waals surface area (Å²) in [7, 11) is 0. The molecular weight excluding hydrogens is 494 g/mol. The van der Waals surface area contributed by atoms with Crippen LogP contribution in [0.25, 0.3) is 20.5 Å². The van der Waals surface area contributed by atoms with E-state index < -0.39 is 11.6 Å². The molecule has 3 aromatic carbocycles. The molecule has 2 heterocycles. The van der Waals surface area contributed by atoms with E-state index in [0.29, 0.717) is 19.4 Å². The van der Waals surface area contributed by atoms with Gasteiger partial charge in [-0.2, -0.15) is 0 Å². The SMILES string of the molecule is CC(C)(N)CC(=O)N[C@@H]1CCc2ccccc2N(Cc2ccc3sc(-c4ccccc4CO)cc3c2)C1=O. The second-order valence-corrected chi connectivity index (χ2v) is 11.8. The average molecular weight is 528 g/mol. The van der Waals surface area contributed by atoms with Crippen molar-refractivity contribution in [3.05, 3.63) is 89.5 Å². The van der Waals surface area contributed by atoms with Crippen LogP contribution in [0.4, 0.5) is 5.69 Å². The minimum absolute atomic E-state index is 0.00731. The van der Waals surface area contributed by atoms with Crippen molar-refractivity contribution in [1.82, 2.24) is 5.32 Å². The van der Waals surface area contributed by atoms with Crippen LogP contribution in [0.15, 0.2) is 72.8 Å². The maximum atomic E-state index is 13.8. The molecule has 1 aromatic heterocycles. The van der Waals surface area contributed by atoms with Gasteiger partial charge in [0.2, 0.25) is 11.8 Å². The number of rotatable bonds is 7. The zero-order valence-corrected chi connectivity index (χ0v) is 22.6. The average Bonchev–Trinajstić information content (AvgIpc) is 3.26. The Hall–Kier alpha value is -3.52. The molecule has 7 heteroatoms. The molecule has 4 N–H and O–H groups in total. The van der Waals surface area contributed by atoms with Crippen LogP contribution in [0.1, 0.15) is 43.4 Å². The fraction of sp³-hybridized carbons (Fsp3) is 0.290. The van der Waals surface area contributed by atoms with Gasteiger partial charge in [-0.25, -0.2) is 0 Å². The van der Waals surface area contributed by atoms with Gasteiger partial charge in [-0.1, -0.05) is 48.5 Å². The van der Waals surface area contributed by atoms with E-state index in [9.17, 15) is 14.7 Å². The molecule has 0 radical (unpaired) electrons. The molecule has 38 heavy (non-hydrogen) atoms. The lowest BCUT2D eigenvalue weighted by atomic mass is 10.0. The van der Waals surface area contributed by atoms with E-state index >= 15 is 0 Å². The number of carbonyl (C=O) groups is 2. The van der Waals surface area contributed by atoms with Crippen LogP contribution in [0.2, 0.25) is 0 Å². The van der Waals surface area contributed by atoms with Gasteiger partial charge in [-0.15, -0.1) is 11.3 Å². The third kappa shape index (κ3) is 5.65. The standard InChI is InChI=1S/C31H33N3O3S/c1-31(2,32)17-29(36)33-25-13-12-21-7-4-6-10-26(21)34(30(25)37)18-20-11-14-27-23(15-20)16-28(38-27)24-9-5-3-8-22(24)19-35/h3-11,14-16,25,35H,12-13,17-19,32H2,1-2H3,(H,33,36)/t25-/m1/s1. The van der Waals surface area contributed by atoms with Crippen molar-refractivity contribution in [3.63, 3.8) is 0 Å². The number of amides is 2. The van der Waals surface area contributed by atoms with Gasteiger partial charge in [0.1, 0.15) is 6.04 Å². The number of carbonyl (C=O) groups excluding carboxylic acids is 2. The zero-order valence-electron chi connectivity index (χ0n) is 21.7. The number of para-hydroxylation sites is 1. The number of fused-ring (bicyclic) bond motifs is 2. The van der Waals surface area contributed by atoms with Crippen LogP contribution < -0.4 is 16.0 Å². The Labute approximate surface area is 227 Å². The summed E-state index contributed by atoms with van der Waals surface area (Å²) in [6.07, 6.45) is 1.40. The Bertz CT molecular complexity index is 1490. The first kappa shape index (κ1) is 26.1. The summed E-state index contributed by atoms with van der Waals surface area (Å²) < 4.78 is 1.15. The van der Waals surface area contributed by atoms with Crippen LogP contribution in [0.5, 0.6) is 0 Å². The third-order valence-electron chi connectivity index (χ3n) is 6.87. The first-order valence-electron chi connectivity index (χ1n) is 12.9. The Kier molecular flexibility index (Phi) is 7.34. The lowest BCUT2D eigenvalue weighted by Gasteiger charge is -2.27. The highest BCUT2D eigenvalue weighted by molar-refractivity contribution is 7.22. The number of aliphatic hydroxyl groups excluding tert-OH is 1. The summed E-state index contributed by atoms with van der Waals surface area (Å²) in [5.41, 5.74) is 10.3. The number of benzene rings is 3. The van der Waals surface area contributed by atoms with Gasteiger partial charge >= 0.3 is 0 Å². The minimum Gasteiger partial charge on any atom is -0.392 e. The van der Waals surface area contributed by atoms with Crippen LogP contribution in [-0.2, 0) is 29.2 Å². The summed E-state index contributed by atoms with van der Waals surface area (Å²) in [5, 5.41) is 13.8. The molecule has 6 nitrogen and oxygen atoms in total. The van der Waals surface area contributed by atoms with Crippen molar-refractivity contribution in [3.8, 4) is 10.4 Å². The topological polar surface area (TPSA) is 95.7 Å². The van der Waals surface area contributed by atoms with Gasteiger partial charge in [0, 0.05) is 27.2 Å². The molecule has 4 aromatic rings. The van der Waals surface area contributed by atoms with E-state index in [0.717, 1.165) is 42.9 Å². The number of nitrogens with zero attached hydrogens (tertiary/aromatic N) is 1. The number of nitrogens with two attached hydrogens (primary N) is 1. The molecule has 196 valence electrons. The number of aliphatic hydroxyl groups is 1. The van der Waals surface area contributed by atoms with Crippen molar-refractivity contribution in [2.24, 2.45) is 5.73 Å². The molecule has 0 fully saturated rings. The number of hydrogen-bond donors (Lipinski definition) is 3. The smallest absolute Gasteiger partial charge is 0.249 e. The first-order valence-corrected chi connectivity index (χ1v) is 13.7. The normalized spacial score (nSPS) is 15.8. The number of anilines is 1. The third-order valence-corrected chi connectivity index (χ3v) is 8.02. The molecule has 1 aliphatic heterocycles. The van der Waals surface area contributed by atoms with Gasteiger partial charge in [0.25, 0.3) is 0 Å². The molecule has 0 unspecified atom stereocenters. The molecule has 0 saturated heterocycles. The number of nitrogens with one attached hydrogen (secondary N) is 1. The Morgan fingerprint density at radius 2 is 1.87 bits per heavy atom. The zero-order chi connectivity index (χ0) is 26.9. The van der Waals surface area contributed by atoms with Crippen LogP contribution in [0.3, 0.4) is 0 Å². The molecule has 0 bridgehead atoms. The molecule has 0 saturated carbocycles. The first-order chi connectivity index (χ1) is 18.2. The monoisotopic (exact) mass is 527 g/mol. The lowest BCUT2D eigenvalue weighted by Crippen LogP contribution is -2.49. The molecule has 2 amide bonds. The summed E-state index contributed by atoms with van der Waals surface area (Å²) >= 11 is 1.69. The number of thiophene rings is 1. The van der Waals surface area contributed by atoms with Crippen LogP contribution in [-0.4, -0.2) is 28.5 Å². The summed E-state index contributed by atoms with van der Waals surface area (Å²) in [6, 6.07) is 23.7. The van der Waals surface area contributed by atoms with Crippen LogP contribution in [0, 0.1) is 0 Å². The molecule has 5 rings (SSSR count). The van der Waals surface area contributed by atoms with E-state index in [1.807, 2.05) is 42.5 Å². The van der Waals surface area contributed by atoms with E-state index in [4.69, 9.17) is 5.73 Å². The maximum absolute atomic E-state index is 13.8. The van der Waals surface area contributed by atoms with Gasteiger partial charge in [-0.05, 0) is 78.6 Å². The number of hydrogen-bond acceptors (Lipinski definition) is 5. The predicted molar refractivity (Wildman–Crippen MR) is 154 cm³/mol. The van der Waals surface area contributed by atoms with Crippen molar-refractivity contribution in [2.75, 3.05) is 4.90 Å². The molecule has 1 aliphatic rings. The molecular formula is C31H33N3O3S. The van der Waals surface area contributed by atoms with Gasteiger partial charge < -0.3 is 21.1 Å². The minimum atomic E-state index is -0.646. The number of aryl methyl sites for hydroxylation is 1. The highest BCUT2D eigenvalue weighted by Crippen LogP contribution is 2.36. The Balaban J connectivity index is 1.44. The van der Waals surface area contributed by atoms with E-state index in [1.165, 1.54) is 0 Å². The largest absolute Gasteiger partial charge is 0.392 e. The van der Waals surface area contributed by atoms with E-state index in [1.54, 1.807) is 30.1 Å². The van der Waals surface area contributed by atoms with Crippen molar-refractivity contribution in [2.45, 2.75) is 57.8 Å². The lowest BCUT2D eigenvalue weighted by molar-refractivity contribution is -0.128. The van der Waals surface area contributed by atoms with Crippen molar-refractivity contribution < 1.29 is 14.7 Å². The summed E-state index contributed by atoms with van der Waals surface area (Å²) in [6.45, 7) is 4.00. The maximum Gasteiger partial charge on any atom is 0.249 e. The second-order valence-electron chi connectivity index (χ2n) is 10.7. The van der Waals surface area contributed by atoms with Gasteiger partial charge in [0.15, 0.2) is 0 Å². The molecule has 0 spiro atoms. The summed E-state index contributed by atoms with van der Waals surface area (Å²) in [4.78, 5) is 29.4. The Morgan fingerprint density at radius 1 is 1.11 bits per heavy atom. The van der Waals surface area contributed by atoms with Crippen LogP contribution >= 0.6 is 11.3 Å². The predicted octanol–water partition coefficient (Wildman–Crippen LogP) is 5.15. The van der Waals surface area contributed by atoms with Gasteiger partial charge in [0.05, 0.1) is 13.2 Å². The highest BCUT2D eigenvalue weighted by atomic mass is 32.1. The highest BCUT2D eigenvalue weighted by Gasteiger charge is 2.32. The fourth-order valence-electron chi connectivity index (χ4n) is 5.08. The fourth-order valence-corrected chi connectivity index (χ4v) is 6.18. The molecule has 1 atom stereocenters. The van der Waals surface area contributed by atoms with Crippen molar-refractivity contribution in [1.29, 1.82) is 0 Å². The van der Waals surface area contributed by atoms with E-state index in [2.05, 4.69) is 35.6 Å². The van der Waals surface area contributed by atoms with Crippen molar-refractivity contribution >= 4 is 38.9 Å². The quantitative estimate of drug-likeness (QED) is 0.310.